The van der Waals surface area contributed by atoms with Gasteiger partial charge in [0.2, 0.25) is 0 Å². The number of aromatic nitrogens is 1. The van der Waals surface area contributed by atoms with Gasteiger partial charge in [0.25, 0.3) is 10.0 Å². The molecule has 0 bridgehead atoms. The van der Waals surface area contributed by atoms with Gasteiger partial charge in [0.15, 0.2) is 0 Å². The quantitative estimate of drug-likeness (QED) is 0.527. The summed E-state index contributed by atoms with van der Waals surface area (Å²) in [5.41, 5.74) is -4.44. The van der Waals surface area contributed by atoms with Gasteiger partial charge in [-0.1, -0.05) is 36.4 Å². The Morgan fingerprint density at radius 1 is 0.958 bits per heavy atom. The number of benzene rings is 2. The first-order chi connectivity index (χ1) is 11.2. The van der Waals surface area contributed by atoms with Gasteiger partial charge in [-0.3, -0.25) is 0 Å². The number of halogens is 4. The molecule has 0 N–H and O–H groups in total. The molecule has 0 saturated heterocycles. The fourth-order valence-corrected chi connectivity index (χ4v) is 5.60. The predicted octanol–water partition coefficient (Wildman–Crippen LogP) is 5.25. The number of para-hydroxylation sites is 1. The molecule has 1 aromatic heterocycles. The summed E-state index contributed by atoms with van der Waals surface area (Å²) in [6.07, 6.45) is 0. The highest BCUT2D eigenvalue weighted by molar-refractivity contribution is 9.10. The van der Waals surface area contributed by atoms with Crippen molar-refractivity contribution in [3.8, 4) is 0 Å². The number of nitrogens with zero attached hydrogens (tertiary/aromatic N) is 1. The first-order valence-corrected chi connectivity index (χ1v) is 9.62. The molecule has 3 rings (SSSR count). The zero-order valence-corrected chi connectivity index (χ0v) is 15.0. The van der Waals surface area contributed by atoms with Gasteiger partial charge in [0, 0.05) is 17.1 Å². The van der Waals surface area contributed by atoms with Crippen LogP contribution in [0.15, 0.2) is 69.0 Å². The van der Waals surface area contributed by atoms with Gasteiger partial charge < -0.3 is 0 Å². The molecule has 1 heterocycles. The number of thioether (sulfide) groups is 1. The van der Waals surface area contributed by atoms with Crippen molar-refractivity contribution in [1.82, 2.24) is 3.97 Å². The highest BCUT2D eigenvalue weighted by Gasteiger charge is 2.36. The summed E-state index contributed by atoms with van der Waals surface area (Å²) in [7, 11) is -4.18. The van der Waals surface area contributed by atoms with Gasteiger partial charge in [0.1, 0.15) is 5.03 Å². The molecular formula is C15H9BrF3NO2S2. The monoisotopic (exact) mass is 435 g/mol. The molecule has 0 fully saturated rings. The van der Waals surface area contributed by atoms with Crippen LogP contribution in [0, 0.1) is 0 Å². The molecule has 0 saturated carbocycles. The van der Waals surface area contributed by atoms with Crippen molar-refractivity contribution in [2.24, 2.45) is 0 Å². The lowest BCUT2D eigenvalue weighted by Gasteiger charge is -2.13. The van der Waals surface area contributed by atoms with Crippen LogP contribution in [0.3, 0.4) is 0 Å². The van der Waals surface area contributed by atoms with Crippen LogP contribution >= 0.6 is 27.7 Å². The van der Waals surface area contributed by atoms with E-state index in [4.69, 9.17) is 0 Å². The van der Waals surface area contributed by atoms with E-state index in [1.54, 1.807) is 24.3 Å². The largest absolute Gasteiger partial charge is 0.447 e. The van der Waals surface area contributed by atoms with E-state index in [0.29, 0.717) is 5.39 Å². The fourth-order valence-electron chi connectivity index (χ4n) is 2.28. The van der Waals surface area contributed by atoms with Gasteiger partial charge in [-0.2, -0.15) is 13.2 Å². The van der Waals surface area contributed by atoms with E-state index in [1.807, 2.05) is 0 Å². The van der Waals surface area contributed by atoms with E-state index in [-0.39, 0.29) is 14.9 Å². The van der Waals surface area contributed by atoms with E-state index in [0.717, 1.165) is 3.97 Å². The maximum Gasteiger partial charge on any atom is 0.447 e. The van der Waals surface area contributed by atoms with E-state index < -0.39 is 32.3 Å². The van der Waals surface area contributed by atoms with Crippen molar-refractivity contribution >= 4 is 48.6 Å². The van der Waals surface area contributed by atoms with Crippen molar-refractivity contribution in [1.29, 1.82) is 0 Å². The lowest BCUT2D eigenvalue weighted by Crippen LogP contribution is -2.15. The standard InChI is InChI=1S/C15H9BrF3NO2S2/c16-13-11-8-4-5-9-12(11)20(14(13)23-15(17,18)19)24(21,22)10-6-2-1-3-7-10/h1-9H. The average molecular weight is 436 g/mol. The summed E-state index contributed by atoms with van der Waals surface area (Å²) in [5.74, 6) is 0. The summed E-state index contributed by atoms with van der Waals surface area (Å²) in [5, 5.41) is -0.0312. The lowest BCUT2D eigenvalue weighted by molar-refractivity contribution is -0.0329. The minimum absolute atomic E-state index is 0.0812. The summed E-state index contributed by atoms with van der Waals surface area (Å²) in [6, 6.07) is 13.6. The molecule has 9 heteroatoms. The Hall–Kier alpha value is -1.45. The summed E-state index contributed by atoms with van der Waals surface area (Å²) >= 11 is 2.65. The van der Waals surface area contributed by atoms with Crippen LogP contribution in [0.2, 0.25) is 0 Å². The lowest BCUT2D eigenvalue weighted by atomic mass is 10.3. The first-order valence-electron chi connectivity index (χ1n) is 6.57. The molecule has 0 aliphatic heterocycles. The molecule has 0 amide bonds. The second-order valence-electron chi connectivity index (χ2n) is 4.77. The molecule has 0 aliphatic rings. The number of hydrogen-bond acceptors (Lipinski definition) is 3. The number of hydrogen-bond donors (Lipinski definition) is 0. The van der Waals surface area contributed by atoms with Crippen LogP contribution in [0.4, 0.5) is 13.2 Å². The number of rotatable bonds is 3. The number of alkyl halides is 3. The highest BCUT2D eigenvalue weighted by atomic mass is 79.9. The van der Waals surface area contributed by atoms with Crippen LogP contribution in [0.5, 0.6) is 0 Å². The van der Waals surface area contributed by atoms with Gasteiger partial charge in [-0.25, -0.2) is 12.4 Å². The zero-order chi connectivity index (χ0) is 17.5. The molecular weight excluding hydrogens is 427 g/mol. The van der Waals surface area contributed by atoms with Crippen LogP contribution in [0.1, 0.15) is 0 Å². The Balaban J connectivity index is 2.36. The van der Waals surface area contributed by atoms with Crippen molar-refractivity contribution in [2.75, 3.05) is 0 Å². The van der Waals surface area contributed by atoms with E-state index in [1.165, 1.54) is 30.3 Å². The van der Waals surface area contributed by atoms with Gasteiger partial charge in [0.05, 0.1) is 14.9 Å². The summed E-state index contributed by atoms with van der Waals surface area (Å²) in [6.45, 7) is 0. The predicted molar refractivity (Wildman–Crippen MR) is 90.6 cm³/mol. The van der Waals surface area contributed by atoms with Crippen LogP contribution < -0.4 is 0 Å². The maximum absolute atomic E-state index is 13.0. The Kier molecular flexibility index (Phi) is 4.43. The Labute approximate surface area is 148 Å². The Morgan fingerprint density at radius 3 is 2.17 bits per heavy atom. The topological polar surface area (TPSA) is 39.1 Å². The molecule has 2 aromatic carbocycles. The maximum atomic E-state index is 13.0. The molecule has 0 radical (unpaired) electrons. The minimum atomic E-state index is -4.62. The molecule has 24 heavy (non-hydrogen) atoms. The fraction of sp³-hybridized carbons (Fsp3) is 0.0667. The van der Waals surface area contributed by atoms with E-state index in [9.17, 15) is 21.6 Å². The second kappa shape index (κ2) is 6.12. The van der Waals surface area contributed by atoms with Crippen LogP contribution in [-0.2, 0) is 10.0 Å². The normalized spacial score (nSPS) is 12.7. The minimum Gasteiger partial charge on any atom is -0.226 e. The Bertz CT molecular complexity index is 999. The summed E-state index contributed by atoms with van der Waals surface area (Å²) < 4.78 is 65.6. The molecule has 126 valence electrons. The second-order valence-corrected chi connectivity index (χ2v) is 8.40. The number of fused-ring (bicyclic) bond motifs is 1. The van der Waals surface area contributed by atoms with Crippen LogP contribution in [-0.4, -0.2) is 17.9 Å². The van der Waals surface area contributed by atoms with Gasteiger partial charge in [-0.05, 0) is 34.1 Å². The smallest absolute Gasteiger partial charge is 0.226 e. The Morgan fingerprint density at radius 2 is 1.54 bits per heavy atom. The van der Waals surface area contributed by atoms with Gasteiger partial charge in [-0.15, -0.1) is 0 Å². The molecule has 0 spiro atoms. The molecule has 3 nitrogen and oxygen atoms in total. The van der Waals surface area contributed by atoms with Crippen molar-refractivity contribution < 1.29 is 21.6 Å². The van der Waals surface area contributed by atoms with Crippen molar-refractivity contribution in [3.05, 3.63) is 59.1 Å². The van der Waals surface area contributed by atoms with E-state index in [2.05, 4.69) is 15.9 Å². The van der Waals surface area contributed by atoms with Gasteiger partial charge >= 0.3 is 5.51 Å². The molecule has 0 unspecified atom stereocenters. The molecule has 0 aliphatic carbocycles. The van der Waals surface area contributed by atoms with Crippen molar-refractivity contribution in [3.63, 3.8) is 0 Å². The summed E-state index contributed by atoms with van der Waals surface area (Å²) in [4.78, 5) is -0.0812. The third-order valence-electron chi connectivity index (χ3n) is 3.23. The molecule has 3 aromatic rings. The third-order valence-corrected chi connectivity index (χ3v) is 6.95. The van der Waals surface area contributed by atoms with E-state index >= 15 is 0 Å². The average Bonchev–Trinajstić information content (AvgIpc) is 2.80. The zero-order valence-electron chi connectivity index (χ0n) is 11.8. The third kappa shape index (κ3) is 3.07. The SMILES string of the molecule is O=S(=O)(c1ccccc1)n1c(SC(F)(F)F)c(Br)c2ccccc21. The highest BCUT2D eigenvalue weighted by Crippen LogP contribution is 2.46. The first kappa shape index (κ1) is 17.4. The molecule has 0 atom stereocenters. The van der Waals surface area contributed by atoms with Crippen molar-refractivity contribution in [2.45, 2.75) is 15.4 Å². The van der Waals surface area contributed by atoms with Crippen LogP contribution in [0.25, 0.3) is 10.9 Å².